The molecule has 1 saturated heterocycles. The highest BCUT2D eigenvalue weighted by molar-refractivity contribution is 5.14. The average Bonchev–Trinajstić information content (AvgIpc) is 3.09. The van der Waals surface area contributed by atoms with Crippen molar-refractivity contribution in [3.63, 3.8) is 0 Å². The molecule has 0 amide bonds. The Morgan fingerprint density at radius 2 is 2.05 bits per heavy atom. The molecule has 106 valence electrons. The molecule has 0 spiro atoms. The number of hydrogen-bond donors (Lipinski definition) is 0. The average molecular weight is 272 g/mol. The van der Waals surface area contributed by atoms with Crippen LogP contribution in [0.25, 0.3) is 0 Å². The molecule has 1 aromatic carbocycles. The summed E-state index contributed by atoms with van der Waals surface area (Å²) in [5.74, 6) is 1.90. The molecule has 0 N–H and O–H groups in total. The van der Waals surface area contributed by atoms with Crippen molar-refractivity contribution in [2.75, 3.05) is 6.61 Å². The number of ether oxygens (including phenoxy) is 1. The molecule has 0 saturated carbocycles. The van der Waals surface area contributed by atoms with Gasteiger partial charge in [0.15, 0.2) is 5.82 Å². The molecule has 3 rings (SSSR count). The first-order valence-corrected chi connectivity index (χ1v) is 7.31. The molecule has 1 aliphatic rings. The van der Waals surface area contributed by atoms with Crippen molar-refractivity contribution in [3.05, 3.63) is 47.6 Å². The quantitative estimate of drug-likeness (QED) is 0.837. The fourth-order valence-corrected chi connectivity index (χ4v) is 2.59. The monoisotopic (exact) mass is 272 g/mol. The molecule has 1 fully saturated rings. The first-order valence-electron chi connectivity index (χ1n) is 7.31. The summed E-state index contributed by atoms with van der Waals surface area (Å²) in [4.78, 5) is 4.47. The first kappa shape index (κ1) is 13.3. The molecule has 1 aliphatic heterocycles. The molecule has 0 radical (unpaired) electrons. The van der Waals surface area contributed by atoms with Gasteiger partial charge >= 0.3 is 0 Å². The summed E-state index contributed by atoms with van der Waals surface area (Å²) in [6.07, 6.45) is 3.98. The predicted molar refractivity (Wildman–Crippen MR) is 75.2 cm³/mol. The van der Waals surface area contributed by atoms with Crippen LogP contribution in [0.1, 0.15) is 43.1 Å². The second-order valence-electron chi connectivity index (χ2n) is 5.45. The van der Waals surface area contributed by atoms with Gasteiger partial charge in [0.25, 0.3) is 5.89 Å². The first-order chi connectivity index (χ1) is 9.83. The molecule has 2 aromatic rings. The lowest BCUT2D eigenvalue weighted by Gasteiger charge is -2.07. The largest absolute Gasteiger partial charge is 0.368 e. The SMILES string of the molecule is CC1CCOC1c1nc(CCCc2ccccc2)no1. The summed E-state index contributed by atoms with van der Waals surface area (Å²) < 4.78 is 11.0. The van der Waals surface area contributed by atoms with E-state index >= 15 is 0 Å². The number of hydrogen-bond acceptors (Lipinski definition) is 4. The fourth-order valence-electron chi connectivity index (χ4n) is 2.59. The molecule has 4 heteroatoms. The minimum atomic E-state index is -0.00891. The van der Waals surface area contributed by atoms with Crippen LogP contribution >= 0.6 is 0 Å². The Morgan fingerprint density at radius 3 is 2.80 bits per heavy atom. The maximum atomic E-state index is 5.64. The van der Waals surface area contributed by atoms with Crippen LogP contribution in [0.15, 0.2) is 34.9 Å². The summed E-state index contributed by atoms with van der Waals surface area (Å²) in [6, 6.07) is 10.5. The second-order valence-corrected chi connectivity index (χ2v) is 5.45. The molecule has 0 bridgehead atoms. The van der Waals surface area contributed by atoms with Crippen molar-refractivity contribution in [2.24, 2.45) is 5.92 Å². The van der Waals surface area contributed by atoms with Crippen molar-refractivity contribution >= 4 is 0 Å². The van der Waals surface area contributed by atoms with E-state index in [0.717, 1.165) is 38.1 Å². The normalized spacial score (nSPS) is 22.2. The standard InChI is InChI=1S/C16H20N2O2/c1-12-10-11-19-15(12)16-17-14(18-20-16)9-5-8-13-6-3-2-4-7-13/h2-4,6-7,12,15H,5,8-11H2,1H3. The number of nitrogens with zero attached hydrogens (tertiary/aromatic N) is 2. The zero-order valence-electron chi connectivity index (χ0n) is 11.8. The summed E-state index contributed by atoms with van der Waals surface area (Å²) in [6.45, 7) is 2.95. The fraction of sp³-hybridized carbons (Fsp3) is 0.500. The van der Waals surface area contributed by atoms with E-state index in [-0.39, 0.29) is 6.10 Å². The Labute approximate surface area is 119 Å². The zero-order chi connectivity index (χ0) is 13.8. The summed E-state index contributed by atoms with van der Waals surface area (Å²) in [7, 11) is 0. The topological polar surface area (TPSA) is 48.2 Å². The van der Waals surface area contributed by atoms with Gasteiger partial charge in [-0.05, 0) is 30.7 Å². The molecular weight excluding hydrogens is 252 g/mol. The van der Waals surface area contributed by atoms with Crippen LogP contribution in [0.5, 0.6) is 0 Å². The van der Waals surface area contributed by atoms with Crippen LogP contribution in [0.2, 0.25) is 0 Å². The van der Waals surface area contributed by atoms with Crippen molar-refractivity contribution < 1.29 is 9.26 Å². The van der Waals surface area contributed by atoms with Crippen molar-refractivity contribution in [1.82, 2.24) is 10.1 Å². The van der Waals surface area contributed by atoms with Crippen molar-refractivity contribution in [3.8, 4) is 0 Å². The Morgan fingerprint density at radius 1 is 1.20 bits per heavy atom. The van der Waals surface area contributed by atoms with Gasteiger partial charge < -0.3 is 9.26 Å². The maximum absolute atomic E-state index is 5.64. The molecule has 20 heavy (non-hydrogen) atoms. The van der Waals surface area contributed by atoms with E-state index in [1.165, 1.54) is 5.56 Å². The van der Waals surface area contributed by atoms with Gasteiger partial charge in [0.1, 0.15) is 6.10 Å². The Kier molecular flexibility index (Phi) is 4.11. The van der Waals surface area contributed by atoms with Crippen LogP contribution in [0, 0.1) is 5.92 Å². The molecule has 0 aliphatic carbocycles. The highest BCUT2D eigenvalue weighted by atomic mass is 16.5. The zero-order valence-corrected chi connectivity index (χ0v) is 11.8. The number of benzene rings is 1. The Bertz CT molecular complexity index is 538. The minimum Gasteiger partial charge on any atom is -0.368 e. The third kappa shape index (κ3) is 3.07. The van der Waals surface area contributed by atoms with E-state index in [1.54, 1.807) is 0 Å². The predicted octanol–water partition coefficient (Wildman–Crippen LogP) is 3.34. The van der Waals surface area contributed by atoms with E-state index in [1.807, 2.05) is 6.07 Å². The molecular formula is C16H20N2O2. The lowest BCUT2D eigenvalue weighted by atomic mass is 10.0. The third-order valence-corrected chi connectivity index (χ3v) is 3.82. The minimum absolute atomic E-state index is 0.00891. The molecule has 2 heterocycles. The van der Waals surface area contributed by atoms with Gasteiger partial charge in [-0.2, -0.15) is 4.98 Å². The maximum Gasteiger partial charge on any atom is 0.256 e. The van der Waals surface area contributed by atoms with Crippen LogP contribution in [0.4, 0.5) is 0 Å². The number of aryl methyl sites for hydroxylation is 2. The Hall–Kier alpha value is -1.68. The van der Waals surface area contributed by atoms with Gasteiger partial charge in [0.05, 0.1) is 0 Å². The molecule has 2 unspecified atom stereocenters. The summed E-state index contributed by atoms with van der Waals surface area (Å²) in [5.41, 5.74) is 1.35. The van der Waals surface area contributed by atoms with Gasteiger partial charge in [-0.3, -0.25) is 0 Å². The van der Waals surface area contributed by atoms with E-state index in [4.69, 9.17) is 9.26 Å². The van der Waals surface area contributed by atoms with Crippen LogP contribution in [0.3, 0.4) is 0 Å². The highest BCUT2D eigenvalue weighted by Gasteiger charge is 2.30. The summed E-state index contributed by atoms with van der Waals surface area (Å²) >= 11 is 0. The van der Waals surface area contributed by atoms with Crippen molar-refractivity contribution in [2.45, 2.75) is 38.7 Å². The van der Waals surface area contributed by atoms with E-state index in [0.29, 0.717) is 11.8 Å². The van der Waals surface area contributed by atoms with Gasteiger partial charge in [-0.25, -0.2) is 0 Å². The summed E-state index contributed by atoms with van der Waals surface area (Å²) in [5, 5.41) is 4.06. The van der Waals surface area contributed by atoms with Gasteiger partial charge in [0, 0.05) is 13.0 Å². The van der Waals surface area contributed by atoms with E-state index in [9.17, 15) is 0 Å². The molecule has 1 aromatic heterocycles. The van der Waals surface area contributed by atoms with Gasteiger partial charge in [0.2, 0.25) is 0 Å². The van der Waals surface area contributed by atoms with E-state index in [2.05, 4.69) is 41.3 Å². The van der Waals surface area contributed by atoms with Crippen LogP contribution in [-0.4, -0.2) is 16.7 Å². The number of rotatable bonds is 5. The lowest BCUT2D eigenvalue weighted by molar-refractivity contribution is 0.0661. The van der Waals surface area contributed by atoms with Crippen LogP contribution in [-0.2, 0) is 17.6 Å². The van der Waals surface area contributed by atoms with Crippen molar-refractivity contribution in [1.29, 1.82) is 0 Å². The van der Waals surface area contributed by atoms with Gasteiger partial charge in [-0.1, -0.05) is 42.4 Å². The molecule has 4 nitrogen and oxygen atoms in total. The number of aromatic nitrogens is 2. The highest BCUT2D eigenvalue weighted by Crippen LogP contribution is 2.32. The smallest absolute Gasteiger partial charge is 0.256 e. The third-order valence-electron chi connectivity index (χ3n) is 3.82. The van der Waals surface area contributed by atoms with E-state index < -0.39 is 0 Å². The lowest BCUT2D eigenvalue weighted by Crippen LogP contribution is -2.04. The van der Waals surface area contributed by atoms with Crippen LogP contribution < -0.4 is 0 Å². The Balaban J connectivity index is 1.52. The van der Waals surface area contributed by atoms with Gasteiger partial charge in [-0.15, -0.1) is 0 Å². The second kappa shape index (κ2) is 6.18. The molecule has 2 atom stereocenters.